The number of aromatic nitrogens is 2. The summed E-state index contributed by atoms with van der Waals surface area (Å²) < 4.78 is 2.13. The lowest BCUT2D eigenvalue weighted by Gasteiger charge is -2.39. The van der Waals surface area contributed by atoms with E-state index in [1.165, 1.54) is 5.69 Å². The second kappa shape index (κ2) is 5.19. The van der Waals surface area contributed by atoms with Crippen molar-refractivity contribution in [1.82, 2.24) is 20.0 Å². The van der Waals surface area contributed by atoms with Crippen molar-refractivity contribution in [3.05, 3.63) is 18.0 Å². The molecule has 2 atom stereocenters. The minimum atomic E-state index is 0.438. The molecule has 0 unspecified atom stereocenters. The Morgan fingerprint density at radius 2 is 2.00 bits per heavy atom. The number of nitrogens with zero attached hydrogens (tertiary/aromatic N) is 3. The normalized spacial score (nSPS) is 26.6. The van der Waals surface area contributed by atoms with Crippen LogP contribution in [-0.2, 0) is 6.54 Å². The van der Waals surface area contributed by atoms with Crippen LogP contribution in [0.15, 0.2) is 12.3 Å². The average molecular weight is 236 g/mol. The molecule has 0 saturated carbocycles. The van der Waals surface area contributed by atoms with E-state index >= 15 is 0 Å². The van der Waals surface area contributed by atoms with Crippen molar-refractivity contribution >= 4 is 0 Å². The molecular formula is C13H24N4. The minimum absolute atomic E-state index is 0.438. The summed E-state index contributed by atoms with van der Waals surface area (Å²) in [6.07, 6.45) is 1.91. The van der Waals surface area contributed by atoms with Crippen molar-refractivity contribution in [3.8, 4) is 0 Å². The molecule has 1 aliphatic rings. The molecule has 1 N–H and O–H groups in total. The standard InChI is InChI=1S/C13H24N4/c1-10(2)17-13(5-6-15-17)9-16-11(3)7-14-8-12(16)4/h5-6,10-12,14H,7-9H2,1-4H3/t11-,12+. The SMILES string of the molecule is CC(C)n1nccc1CN1[C@H](C)CNC[C@@H]1C. The van der Waals surface area contributed by atoms with Crippen molar-refractivity contribution in [1.29, 1.82) is 0 Å². The first-order valence-corrected chi connectivity index (χ1v) is 6.58. The van der Waals surface area contributed by atoms with E-state index in [4.69, 9.17) is 0 Å². The van der Waals surface area contributed by atoms with E-state index in [9.17, 15) is 0 Å². The molecule has 1 aromatic rings. The van der Waals surface area contributed by atoms with Crippen LogP contribution in [0.2, 0.25) is 0 Å². The summed E-state index contributed by atoms with van der Waals surface area (Å²) in [6.45, 7) is 12.1. The number of nitrogens with one attached hydrogen (secondary N) is 1. The maximum absolute atomic E-state index is 4.41. The van der Waals surface area contributed by atoms with Crippen LogP contribution < -0.4 is 5.32 Å². The molecule has 2 heterocycles. The van der Waals surface area contributed by atoms with Gasteiger partial charge in [-0.25, -0.2) is 0 Å². The van der Waals surface area contributed by atoms with E-state index in [0.29, 0.717) is 18.1 Å². The van der Waals surface area contributed by atoms with E-state index in [1.807, 2.05) is 6.20 Å². The molecule has 4 heteroatoms. The molecule has 0 spiro atoms. The van der Waals surface area contributed by atoms with Gasteiger partial charge >= 0.3 is 0 Å². The van der Waals surface area contributed by atoms with Crippen LogP contribution in [0.3, 0.4) is 0 Å². The molecule has 0 aliphatic carbocycles. The maximum atomic E-state index is 4.41. The summed E-state index contributed by atoms with van der Waals surface area (Å²) >= 11 is 0. The molecule has 2 rings (SSSR count). The lowest BCUT2D eigenvalue weighted by Crippen LogP contribution is -2.54. The largest absolute Gasteiger partial charge is 0.314 e. The Bertz CT molecular complexity index is 348. The first kappa shape index (κ1) is 12.6. The summed E-state index contributed by atoms with van der Waals surface area (Å²) in [4.78, 5) is 2.56. The zero-order valence-electron chi connectivity index (χ0n) is 11.3. The highest BCUT2D eigenvalue weighted by Gasteiger charge is 2.25. The third-order valence-electron chi connectivity index (χ3n) is 3.60. The van der Waals surface area contributed by atoms with Crippen LogP contribution in [0.5, 0.6) is 0 Å². The van der Waals surface area contributed by atoms with Crippen LogP contribution in [0.25, 0.3) is 0 Å². The smallest absolute Gasteiger partial charge is 0.0527 e. The van der Waals surface area contributed by atoms with Crippen LogP contribution in [0.1, 0.15) is 39.4 Å². The van der Waals surface area contributed by atoms with Crippen molar-refractivity contribution in [2.24, 2.45) is 0 Å². The van der Waals surface area contributed by atoms with Gasteiger partial charge in [-0.05, 0) is 33.8 Å². The number of hydrogen-bond donors (Lipinski definition) is 1. The molecule has 0 bridgehead atoms. The van der Waals surface area contributed by atoms with Crippen molar-refractivity contribution in [2.75, 3.05) is 13.1 Å². The monoisotopic (exact) mass is 236 g/mol. The zero-order valence-corrected chi connectivity index (χ0v) is 11.3. The molecule has 0 amide bonds. The summed E-state index contributed by atoms with van der Waals surface area (Å²) in [5.74, 6) is 0. The van der Waals surface area contributed by atoms with Gasteiger partial charge in [-0.15, -0.1) is 0 Å². The third-order valence-corrected chi connectivity index (χ3v) is 3.60. The van der Waals surface area contributed by atoms with E-state index in [-0.39, 0.29) is 0 Å². The summed E-state index contributed by atoms with van der Waals surface area (Å²) in [6, 6.07) is 3.76. The predicted octanol–water partition coefficient (Wildman–Crippen LogP) is 1.65. The quantitative estimate of drug-likeness (QED) is 0.866. The fourth-order valence-electron chi connectivity index (χ4n) is 2.60. The van der Waals surface area contributed by atoms with E-state index in [1.54, 1.807) is 0 Å². The Balaban J connectivity index is 2.11. The summed E-state index contributed by atoms with van der Waals surface area (Å²) in [7, 11) is 0. The molecule has 96 valence electrons. The lowest BCUT2D eigenvalue weighted by molar-refractivity contribution is 0.105. The number of rotatable bonds is 3. The van der Waals surface area contributed by atoms with Gasteiger partial charge in [0.2, 0.25) is 0 Å². The van der Waals surface area contributed by atoms with Gasteiger partial charge in [0.05, 0.1) is 5.69 Å². The van der Waals surface area contributed by atoms with Crippen LogP contribution in [0, 0.1) is 0 Å². The third kappa shape index (κ3) is 2.69. The summed E-state index contributed by atoms with van der Waals surface area (Å²) in [5.41, 5.74) is 1.32. The van der Waals surface area contributed by atoms with Crippen molar-refractivity contribution in [3.63, 3.8) is 0 Å². The Morgan fingerprint density at radius 1 is 1.35 bits per heavy atom. The van der Waals surface area contributed by atoms with Crippen LogP contribution in [-0.4, -0.2) is 39.9 Å². The van der Waals surface area contributed by atoms with E-state index in [2.05, 4.69) is 53.8 Å². The molecule has 1 aliphatic heterocycles. The highest BCUT2D eigenvalue weighted by molar-refractivity contribution is 5.03. The fraction of sp³-hybridized carbons (Fsp3) is 0.769. The van der Waals surface area contributed by atoms with Crippen LogP contribution in [0.4, 0.5) is 0 Å². The Morgan fingerprint density at radius 3 is 2.59 bits per heavy atom. The minimum Gasteiger partial charge on any atom is -0.314 e. The summed E-state index contributed by atoms with van der Waals surface area (Å²) in [5, 5.41) is 7.87. The second-order valence-electron chi connectivity index (χ2n) is 5.39. The molecular weight excluding hydrogens is 212 g/mol. The predicted molar refractivity (Wildman–Crippen MR) is 69.9 cm³/mol. The van der Waals surface area contributed by atoms with Gasteiger partial charge in [0, 0.05) is 44.0 Å². The van der Waals surface area contributed by atoms with Crippen LogP contribution >= 0.6 is 0 Å². The zero-order chi connectivity index (χ0) is 12.4. The number of hydrogen-bond acceptors (Lipinski definition) is 3. The van der Waals surface area contributed by atoms with Gasteiger partial charge in [0.25, 0.3) is 0 Å². The highest BCUT2D eigenvalue weighted by Crippen LogP contribution is 2.16. The van der Waals surface area contributed by atoms with Gasteiger partial charge in [-0.2, -0.15) is 5.10 Å². The average Bonchev–Trinajstić information content (AvgIpc) is 2.72. The van der Waals surface area contributed by atoms with E-state index in [0.717, 1.165) is 19.6 Å². The second-order valence-corrected chi connectivity index (χ2v) is 5.39. The molecule has 0 radical (unpaired) electrons. The van der Waals surface area contributed by atoms with Crippen molar-refractivity contribution in [2.45, 2.75) is 52.4 Å². The van der Waals surface area contributed by atoms with Gasteiger partial charge in [-0.1, -0.05) is 0 Å². The van der Waals surface area contributed by atoms with E-state index < -0.39 is 0 Å². The van der Waals surface area contributed by atoms with Crippen molar-refractivity contribution < 1.29 is 0 Å². The molecule has 0 aromatic carbocycles. The Kier molecular flexibility index (Phi) is 3.84. The van der Waals surface area contributed by atoms with Gasteiger partial charge in [0.1, 0.15) is 0 Å². The molecule has 1 aromatic heterocycles. The van der Waals surface area contributed by atoms with Gasteiger partial charge in [-0.3, -0.25) is 9.58 Å². The molecule has 1 fully saturated rings. The Labute approximate surface area is 104 Å². The molecule has 4 nitrogen and oxygen atoms in total. The number of piperazine rings is 1. The topological polar surface area (TPSA) is 33.1 Å². The first-order valence-electron chi connectivity index (χ1n) is 6.58. The highest BCUT2D eigenvalue weighted by atomic mass is 15.3. The Hall–Kier alpha value is -0.870. The fourth-order valence-corrected chi connectivity index (χ4v) is 2.60. The lowest BCUT2D eigenvalue weighted by atomic mass is 10.1. The molecule has 1 saturated heterocycles. The van der Waals surface area contributed by atoms with Gasteiger partial charge < -0.3 is 5.32 Å². The van der Waals surface area contributed by atoms with Gasteiger partial charge in [0.15, 0.2) is 0 Å². The maximum Gasteiger partial charge on any atom is 0.0527 e. The molecule has 17 heavy (non-hydrogen) atoms. The first-order chi connectivity index (χ1) is 8.09.